The first-order valence-electron chi connectivity index (χ1n) is 8.87. The van der Waals surface area contributed by atoms with Gasteiger partial charge < -0.3 is 4.90 Å². The molecule has 2 heterocycles. The number of amides is 2. The van der Waals surface area contributed by atoms with Crippen molar-refractivity contribution < 1.29 is 9.59 Å². The molecule has 1 N–H and O–H groups in total. The van der Waals surface area contributed by atoms with E-state index in [4.69, 9.17) is 11.6 Å². The molecule has 1 saturated heterocycles. The minimum Gasteiger partial charge on any atom is -0.312 e. The van der Waals surface area contributed by atoms with Crippen molar-refractivity contribution >= 4 is 61.5 Å². The zero-order chi connectivity index (χ0) is 20.5. The zero-order valence-corrected chi connectivity index (χ0v) is 18.5. The van der Waals surface area contributed by atoms with Crippen LogP contribution in [0.1, 0.15) is 33.3 Å². The van der Waals surface area contributed by atoms with Crippen LogP contribution in [0.2, 0.25) is 5.02 Å². The van der Waals surface area contributed by atoms with Crippen LogP contribution in [0.4, 0.5) is 10.8 Å². The van der Waals surface area contributed by atoms with Gasteiger partial charge in [0.2, 0.25) is 11.0 Å². The van der Waals surface area contributed by atoms with Crippen LogP contribution in [-0.4, -0.2) is 28.6 Å². The molecule has 0 radical (unpaired) electrons. The highest BCUT2D eigenvalue weighted by atomic mass is 79.9. The monoisotopic (exact) mass is 490 g/mol. The highest BCUT2D eigenvalue weighted by molar-refractivity contribution is 9.10. The van der Waals surface area contributed by atoms with Crippen LogP contribution in [0.15, 0.2) is 46.9 Å². The SMILES string of the molecule is Cc1ccc(N2CC(c3nnc(NC(=O)c4cccc(Br)c4)s3)CC2=O)cc1Cl. The van der Waals surface area contributed by atoms with Gasteiger partial charge >= 0.3 is 0 Å². The van der Waals surface area contributed by atoms with Crippen LogP contribution < -0.4 is 10.2 Å². The predicted molar refractivity (Wildman–Crippen MR) is 118 cm³/mol. The molecule has 9 heteroatoms. The summed E-state index contributed by atoms with van der Waals surface area (Å²) in [5.74, 6) is -0.311. The molecule has 1 aliphatic heterocycles. The van der Waals surface area contributed by atoms with Crippen LogP contribution >= 0.6 is 38.9 Å². The summed E-state index contributed by atoms with van der Waals surface area (Å²) in [6.07, 6.45) is 0.347. The highest BCUT2D eigenvalue weighted by Gasteiger charge is 2.34. The maximum atomic E-state index is 12.5. The fourth-order valence-electron chi connectivity index (χ4n) is 3.12. The molecule has 0 bridgehead atoms. The van der Waals surface area contributed by atoms with Gasteiger partial charge in [0.1, 0.15) is 5.01 Å². The number of rotatable bonds is 4. The van der Waals surface area contributed by atoms with Crippen LogP contribution in [0.5, 0.6) is 0 Å². The van der Waals surface area contributed by atoms with E-state index < -0.39 is 0 Å². The van der Waals surface area contributed by atoms with E-state index in [9.17, 15) is 9.59 Å². The van der Waals surface area contributed by atoms with Crippen molar-refractivity contribution in [3.63, 3.8) is 0 Å². The van der Waals surface area contributed by atoms with Crippen molar-refractivity contribution in [3.8, 4) is 0 Å². The van der Waals surface area contributed by atoms with Gasteiger partial charge in [-0.3, -0.25) is 14.9 Å². The zero-order valence-electron chi connectivity index (χ0n) is 15.4. The molecule has 1 aromatic heterocycles. The summed E-state index contributed by atoms with van der Waals surface area (Å²) >= 11 is 10.8. The van der Waals surface area contributed by atoms with Crippen LogP contribution in [-0.2, 0) is 4.79 Å². The lowest BCUT2D eigenvalue weighted by Gasteiger charge is -2.17. The molecule has 3 aromatic rings. The summed E-state index contributed by atoms with van der Waals surface area (Å²) in [5, 5.41) is 12.8. The fourth-order valence-corrected chi connectivity index (χ4v) is 4.52. The molecule has 0 aliphatic carbocycles. The number of aryl methyl sites for hydroxylation is 1. The average Bonchev–Trinajstić information content (AvgIpc) is 3.30. The van der Waals surface area contributed by atoms with Crippen molar-refractivity contribution in [1.29, 1.82) is 0 Å². The summed E-state index contributed by atoms with van der Waals surface area (Å²) in [4.78, 5) is 26.6. The minimum atomic E-state index is -0.257. The Morgan fingerprint density at radius 3 is 2.86 bits per heavy atom. The van der Waals surface area contributed by atoms with Crippen molar-refractivity contribution in [2.75, 3.05) is 16.8 Å². The number of nitrogens with zero attached hydrogens (tertiary/aromatic N) is 3. The second-order valence-corrected chi connectivity index (χ2v) is 9.08. The Labute approximate surface area is 185 Å². The number of hydrogen-bond donors (Lipinski definition) is 1. The lowest BCUT2D eigenvalue weighted by molar-refractivity contribution is -0.117. The first-order valence-corrected chi connectivity index (χ1v) is 10.9. The van der Waals surface area contributed by atoms with Gasteiger partial charge in [-0.05, 0) is 42.8 Å². The molecule has 1 aliphatic rings. The Morgan fingerprint density at radius 2 is 2.10 bits per heavy atom. The maximum Gasteiger partial charge on any atom is 0.257 e. The quantitative estimate of drug-likeness (QED) is 0.555. The average molecular weight is 492 g/mol. The summed E-state index contributed by atoms with van der Waals surface area (Å²) in [7, 11) is 0. The second kappa shape index (κ2) is 8.22. The first-order chi connectivity index (χ1) is 13.9. The number of benzene rings is 2. The number of nitrogens with one attached hydrogen (secondary N) is 1. The van der Waals surface area contributed by atoms with Gasteiger partial charge in [0.25, 0.3) is 5.91 Å². The molecule has 148 valence electrons. The predicted octanol–water partition coefficient (Wildman–Crippen LogP) is 5.04. The number of halogens is 2. The molecule has 2 aromatic carbocycles. The molecule has 0 spiro atoms. The van der Waals surface area contributed by atoms with E-state index in [-0.39, 0.29) is 17.7 Å². The maximum absolute atomic E-state index is 12.5. The van der Waals surface area contributed by atoms with Crippen molar-refractivity contribution in [3.05, 3.63) is 68.1 Å². The van der Waals surface area contributed by atoms with E-state index in [0.717, 1.165) is 20.7 Å². The van der Waals surface area contributed by atoms with Gasteiger partial charge in [0, 0.05) is 39.6 Å². The molecule has 1 fully saturated rings. The molecular weight excluding hydrogens is 476 g/mol. The largest absolute Gasteiger partial charge is 0.312 e. The third kappa shape index (κ3) is 4.34. The van der Waals surface area contributed by atoms with E-state index in [1.165, 1.54) is 11.3 Å². The van der Waals surface area contributed by atoms with Crippen LogP contribution in [0, 0.1) is 6.92 Å². The van der Waals surface area contributed by atoms with Crippen molar-refractivity contribution in [2.45, 2.75) is 19.3 Å². The number of aromatic nitrogens is 2. The lowest BCUT2D eigenvalue weighted by Crippen LogP contribution is -2.24. The van der Waals surface area contributed by atoms with Gasteiger partial charge in [-0.25, -0.2) is 0 Å². The van der Waals surface area contributed by atoms with Gasteiger partial charge in [-0.15, -0.1) is 10.2 Å². The van der Waals surface area contributed by atoms with E-state index >= 15 is 0 Å². The van der Waals surface area contributed by atoms with Gasteiger partial charge in [0.05, 0.1) is 0 Å². The smallest absolute Gasteiger partial charge is 0.257 e. The van der Waals surface area contributed by atoms with E-state index in [1.807, 2.05) is 25.1 Å². The Balaban J connectivity index is 1.46. The van der Waals surface area contributed by atoms with Gasteiger partial charge in [-0.1, -0.05) is 51.0 Å². The fraction of sp³-hybridized carbons (Fsp3) is 0.200. The Kier molecular flexibility index (Phi) is 5.67. The molecule has 6 nitrogen and oxygen atoms in total. The van der Waals surface area contributed by atoms with E-state index in [2.05, 4.69) is 31.4 Å². The molecule has 2 amide bonds. The molecule has 0 saturated carbocycles. The van der Waals surface area contributed by atoms with E-state index in [0.29, 0.717) is 28.7 Å². The van der Waals surface area contributed by atoms with Gasteiger partial charge in [0.15, 0.2) is 0 Å². The summed E-state index contributed by atoms with van der Waals surface area (Å²) in [5.41, 5.74) is 2.27. The van der Waals surface area contributed by atoms with E-state index in [1.54, 1.807) is 29.2 Å². The Morgan fingerprint density at radius 1 is 1.28 bits per heavy atom. The van der Waals surface area contributed by atoms with Gasteiger partial charge in [-0.2, -0.15) is 0 Å². The number of carbonyl (C=O) groups is 2. The number of hydrogen-bond acceptors (Lipinski definition) is 5. The minimum absolute atomic E-state index is 0.0184. The highest BCUT2D eigenvalue weighted by Crippen LogP contribution is 2.35. The second-order valence-electron chi connectivity index (χ2n) is 6.75. The third-order valence-electron chi connectivity index (χ3n) is 4.69. The summed E-state index contributed by atoms with van der Waals surface area (Å²) < 4.78 is 0.823. The summed E-state index contributed by atoms with van der Waals surface area (Å²) in [6, 6.07) is 12.7. The molecule has 29 heavy (non-hydrogen) atoms. The van der Waals surface area contributed by atoms with Crippen LogP contribution in [0.3, 0.4) is 0 Å². The summed E-state index contributed by atoms with van der Waals surface area (Å²) in [6.45, 7) is 2.43. The van der Waals surface area contributed by atoms with Crippen LogP contribution in [0.25, 0.3) is 0 Å². The first kappa shape index (κ1) is 20.0. The Bertz CT molecular complexity index is 1100. The molecular formula is C20H16BrClN4O2S. The molecule has 1 unspecified atom stereocenters. The Hall–Kier alpha value is -2.29. The third-order valence-corrected chi connectivity index (χ3v) is 6.59. The number of anilines is 2. The standard InChI is InChI=1S/C20H16BrClN4O2S/c1-11-5-6-15(9-16(11)22)26-10-13(8-17(26)27)19-24-25-20(29-19)23-18(28)12-3-2-4-14(21)7-12/h2-7,9,13H,8,10H2,1H3,(H,23,25,28). The molecule has 1 atom stereocenters. The lowest BCUT2D eigenvalue weighted by atomic mass is 10.1. The molecule has 4 rings (SSSR count). The topological polar surface area (TPSA) is 75.2 Å². The van der Waals surface area contributed by atoms with Crippen molar-refractivity contribution in [1.82, 2.24) is 10.2 Å². The van der Waals surface area contributed by atoms with Crippen molar-refractivity contribution in [2.24, 2.45) is 0 Å². The normalized spacial score (nSPS) is 16.3. The number of carbonyl (C=O) groups excluding carboxylic acids is 2.